The van der Waals surface area contributed by atoms with Crippen LogP contribution in [-0.4, -0.2) is 30.9 Å². The fourth-order valence-corrected chi connectivity index (χ4v) is 1.91. The van der Waals surface area contributed by atoms with Gasteiger partial charge >= 0.3 is 5.97 Å². The van der Waals surface area contributed by atoms with Crippen molar-refractivity contribution < 1.29 is 19.4 Å². The molecule has 0 spiro atoms. The van der Waals surface area contributed by atoms with Gasteiger partial charge in [-0.3, -0.25) is 0 Å². The average molecular weight is 317 g/mol. The van der Waals surface area contributed by atoms with Crippen molar-refractivity contribution in [1.82, 2.24) is 0 Å². The molecule has 0 bridgehead atoms. The summed E-state index contributed by atoms with van der Waals surface area (Å²) < 4.78 is 11.3. The molecule has 0 aliphatic heterocycles. The van der Waals surface area contributed by atoms with E-state index in [-0.39, 0.29) is 5.56 Å². The summed E-state index contributed by atoms with van der Waals surface area (Å²) in [7, 11) is 0. The van der Waals surface area contributed by atoms with Gasteiger partial charge in [0.15, 0.2) is 0 Å². The molecular formula is C13H17BrO4. The van der Waals surface area contributed by atoms with E-state index in [0.29, 0.717) is 30.0 Å². The van der Waals surface area contributed by atoms with Crippen LogP contribution in [-0.2, 0) is 4.74 Å². The molecule has 1 rings (SSSR count). The molecule has 1 aromatic carbocycles. The second kappa shape index (κ2) is 8.11. The van der Waals surface area contributed by atoms with Crippen molar-refractivity contribution in [2.45, 2.75) is 19.8 Å². The van der Waals surface area contributed by atoms with E-state index >= 15 is 0 Å². The van der Waals surface area contributed by atoms with Gasteiger partial charge in [0.05, 0.1) is 6.61 Å². The number of halogens is 1. The monoisotopic (exact) mass is 316 g/mol. The van der Waals surface area contributed by atoms with Crippen molar-refractivity contribution in [1.29, 1.82) is 0 Å². The van der Waals surface area contributed by atoms with E-state index < -0.39 is 5.97 Å². The van der Waals surface area contributed by atoms with E-state index in [4.69, 9.17) is 14.6 Å². The van der Waals surface area contributed by atoms with E-state index in [1.54, 1.807) is 18.2 Å². The molecule has 4 nitrogen and oxygen atoms in total. The number of ether oxygens (including phenoxy) is 2. The first-order valence-corrected chi connectivity index (χ1v) is 6.68. The Morgan fingerprint density at radius 1 is 1.33 bits per heavy atom. The van der Waals surface area contributed by atoms with E-state index in [0.717, 1.165) is 12.8 Å². The van der Waals surface area contributed by atoms with Gasteiger partial charge in [-0.25, -0.2) is 4.79 Å². The van der Waals surface area contributed by atoms with E-state index in [1.807, 2.05) is 0 Å². The summed E-state index contributed by atoms with van der Waals surface area (Å²) in [6.45, 7) is 3.62. The van der Waals surface area contributed by atoms with Gasteiger partial charge in [-0.1, -0.05) is 19.4 Å². The van der Waals surface area contributed by atoms with Gasteiger partial charge in [0, 0.05) is 11.1 Å². The summed E-state index contributed by atoms with van der Waals surface area (Å²) >= 11 is 3.20. The smallest absolute Gasteiger partial charge is 0.340 e. The fraction of sp³-hybridized carbons (Fsp3) is 0.462. The van der Waals surface area contributed by atoms with Gasteiger partial charge in [-0.15, -0.1) is 0 Å². The van der Waals surface area contributed by atoms with Crippen molar-refractivity contribution in [3.8, 4) is 5.75 Å². The first-order chi connectivity index (χ1) is 8.66. The van der Waals surface area contributed by atoms with Gasteiger partial charge in [-0.05, 0) is 34.5 Å². The molecule has 0 fully saturated rings. The Morgan fingerprint density at radius 2 is 2.11 bits per heavy atom. The lowest BCUT2D eigenvalue weighted by atomic mass is 10.2. The predicted molar refractivity (Wildman–Crippen MR) is 72.3 cm³/mol. The topological polar surface area (TPSA) is 55.8 Å². The van der Waals surface area contributed by atoms with Gasteiger partial charge in [-0.2, -0.15) is 0 Å². The maximum Gasteiger partial charge on any atom is 0.340 e. The Bertz CT molecular complexity index is 393. The van der Waals surface area contributed by atoms with Crippen molar-refractivity contribution in [3.63, 3.8) is 0 Å². The summed E-state index contributed by atoms with van der Waals surface area (Å²) in [5.74, 6) is -0.652. The zero-order chi connectivity index (χ0) is 13.4. The molecule has 1 aromatic rings. The molecule has 0 amide bonds. The minimum atomic E-state index is -1.01. The van der Waals surface area contributed by atoms with Crippen LogP contribution in [0.3, 0.4) is 0 Å². The molecular weight excluding hydrogens is 300 g/mol. The minimum absolute atomic E-state index is 0.144. The number of carbonyl (C=O) groups is 1. The van der Waals surface area contributed by atoms with Gasteiger partial charge in [0.2, 0.25) is 0 Å². The lowest BCUT2D eigenvalue weighted by molar-refractivity contribution is 0.0683. The number of carboxylic acid groups (broad SMARTS) is 1. The standard InChI is InChI=1S/C13H17BrO4/c1-2-3-7-17-8-9-18-11-6-4-5-10(14)12(11)13(15)16/h4-6H,2-3,7-9H2,1H3,(H,15,16). The third kappa shape index (κ3) is 4.66. The SMILES string of the molecule is CCCCOCCOc1cccc(Br)c1C(=O)O. The van der Waals surface area contributed by atoms with Crippen LogP contribution >= 0.6 is 15.9 Å². The number of hydrogen-bond donors (Lipinski definition) is 1. The molecule has 0 aliphatic rings. The highest BCUT2D eigenvalue weighted by molar-refractivity contribution is 9.10. The molecule has 5 heteroatoms. The van der Waals surface area contributed by atoms with Gasteiger partial charge in [0.25, 0.3) is 0 Å². The summed E-state index contributed by atoms with van der Waals surface area (Å²) in [5, 5.41) is 9.08. The molecule has 100 valence electrons. The lowest BCUT2D eigenvalue weighted by Gasteiger charge is -2.10. The van der Waals surface area contributed by atoms with Crippen LogP contribution in [0.1, 0.15) is 30.1 Å². The van der Waals surface area contributed by atoms with Crippen molar-refractivity contribution in [2.75, 3.05) is 19.8 Å². The van der Waals surface area contributed by atoms with Crippen LogP contribution in [0.4, 0.5) is 0 Å². The molecule has 0 heterocycles. The minimum Gasteiger partial charge on any atom is -0.490 e. The first-order valence-electron chi connectivity index (χ1n) is 5.89. The Balaban J connectivity index is 2.47. The number of aromatic carboxylic acids is 1. The third-order valence-corrected chi connectivity index (χ3v) is 2.98. The van der Waals surface area contributed by atoms with E-state index in [1.165, 1.54) is 0 Å². The number of unbranched alkanes of at least 4 members (excludes halogenated alkanes) is 1. The Hall–Kier alpha value is -1.07. The maximum atomic E-state index is 11.1. The zero-order valence-corrected chi connectivity index (χ0v) is 11.9. The van der Waals surface area contributed by atoms with Crippen molar-refractivity contribution in [3.05, 3.63) is 28.2 Å². The molecule has 0 aliphatic carbocycles. The number of carboxylic acids is 1. The number of benzene rings is 1. The second-order valence-corrected chi connectivity index (χ2v) is 4.59. The number of hydrogen-bond acceptors (Lipinski definition) is 3. The van der Waals surface area contributed by atoms with Crippen molar-refractivity contribution >= 4 is 21.9 Å². The van der Waals surface area contributed by atoms with Gasteiger partial charge < -0.3 is 14.6 Å². The molecule has 0 unspecified atom stereocenters. The lowest BCUT2D eigenvalue weighted by Crippen LogP contribution is -2.10. The van der Waals surface area contributed by atoms with Crippen LogP contribution in [0, 0.1) is 0 Å². The third-order valence-electron chi connectivity index (χ3n) is 2.32. The highest BCUT2D eigenvalue weighted by Crippen LogP contribution is 2.26. The first kappa shape index (κ1) is 15.0. The largest absolute Gasteiger partial charge is 0.490 e. The van der Waals surface area contributed by atoms with Crippen LogP contribution in [0.15, 0.2) is 22.7 Å². The highest BCUT2D eigenvalue weighted by atomic mass is 79.9. The summed E-state index contributed by atoms with van der Waals surface area (Å²) in [6, 6.07) is 5.05. The molecule has 0 aromatic heterocycles. The van der Waals surface area contributed by atoms with Crippen molar-refractivity contribution in [2.24, 2.45) is 0 Å². The van der Waals surface area contributed by atoms with Crippen LogP contribution in [0.5, 0.6) is 5.75 Å². The normalized spacial score (nSPS) is 10.3. The molecule has 0 atom stereocenters. The Kier molecular flexibility index (Phi) is 6.75. The summed E-state index contributed by atoms with van der Waals surface area (Å²) in [4.78, 5) is 11.1. The number of rotatable bonds is 8. The predicted octanol–water partition coefficient (Wildman–Crippen LogP) is 3.34. The van der Waals surface area contributed by atoms with Gasteiger partial charge in [0.1, 0.15) is 17.9 Å². The molecule has 1 N–H and O–H groups in total. The van der Waals surface area contributed by atoms with Crippen LogP contribution < -0.4 is 4.74 Å². The molecule has 0 saturated heterocycles. The molecule has 0 radical (unpaired) electrons. The van der Waals surface area contributed by atoms with Crippen LogP contribution in [0.2, 0.25) is 0 Å². The molecule has 18 heavy (non-hydrogen) atoms. The maximum absolute atomic E-state index is 11.1. The highest BCUT2D eigenvalue weighted by Gasteiger charge is 2.14. The second-order valence-electron chi connectivity index (χ2n) is 3.73. The zero-order valence-electron chi connectivity index (χ0n) is 10.3. The summed E-state index contributed by atoms with van der Waals surface area (Å²) in [6.07, 6.45) is 2.12. The summed E-state index contributed by atoms with van der Waals surface area (Å²) in [5.41, 5.74) is 0.144. The fourth-order valence-electron chi connectivity index (χ4n) is 1.39. The quantitative estimate of drug-likeness (QED) is 0.747. The van der Waals surface area contributed by atoms with E-state index in [9.17, 15) is 4.79 Å². The Labute approximate surface area is 115 Å². The Morgan fingerprint density at radius 3 is 2.78 bits per heavy atom. The van der Waals surface area contributed by atoms with Crippen LogP contribution in [0.25, 0.3) is 0 Å². The van der Waals surface area contributed by atoms with E-state index in [2.05, 4.69) is 22.9 Å². The molecule has 0 saturated carbocycles. The average Bonchev–Trinajstić information content (AvgIpc) is 2.33.